The minimum Gasteiger partial charge on any atom is -0.471 e. The molecule has 0 radical (unpaired) electrons. The monoisotopic (exact) mass is 262 g/mol. The van der Waals surface area contributed by atoms with Gasteiger partial charge >= 0.3 is 0 Å². The van der Waals surface area contributed by atoms with Gasteiger partial charge in [0.25, 0.3) is 0 Å². The number of hydrogen-bond donors (Lipinski definition) is 1. The average molecular weight is 262 g/mol. The van der Waals surface area contributed by atoms with E-state index in [2.05, 4.69) is 10.2 Å². The van der Waals surface area contributed by atoms with Gasteiger partial charge in [-0.1, -0.05) is 6.07 Å². The predicted molar refractivity (Wildman–Crippen MR) is 70.1 cm³/mol. The van der Waals surface area contributed by atoms with Crippen LogP contribution in [-0.4, -0.2) is 17.2 Å². The van der Waals surface area contributed by atoms with Crippen LogP contribution >= 0.6 is 0 Å². The maximum absolute atomic E-state index is 13.8. The molecule has 0 saturated carbocycles. The second-order valence-electron chi connectivity index (χ2n) is 4.16. The van der Waals surface area contributed by atoms with Crippen LogP contribution in [0.1, 0.15) is 11.1 Å². The SMILES string of the molecule is Cc1ccnnc1OCc1c(F)cccc1N(C)N. The van der Waals surface area contributed by atoms with Crippen LogP contribution in [0.3, 0.4) is 0 Å². The van der Waals surface area contributed by atoms with E-state index >= 15 is 0 Å². The van der Waals surface area contributed by atoms with Crippen molar-refractivity contribution in [3.63, 3.8) is 0 Å². The first-order chi connectivity index (χ1) is 9.09. The molecular weight excluding hydrogens is 247 g/mol. The fraction of sp³-hybridized carbons (Fsp3) is 0.231. The number of anilines is 1. The van der Waals surface area contributed by atoms with Gasteiger partial charge in [-0.3, -0.25) is 0 Å². The number of rotatable bonds is 4. The van der Waals surface area contributed by atoms with Gasteiger partial charge in [-0.05, 0) is 25.1 Å². The summed E-state index contributed by atoms with van der Waals surface area (Å²) in [6.07, 6.45) is 1.57. The highest BCUT2D eigenvalue weighted by Gasteiger charge is 2.12. The lowest BCUT2D eigenvalue weighted by Gasteiger charge is -2.17. The molecule has 0 aliphatic carbocycles. The zero-order chi connectivity index (χ0) is 13.8. The third-order valence-corrected chi connectivity index (χ3v) is 2.70. The van der Waals surface area contributed by atoms with Crippen molar-refractivity contribution >= 4 is 5.69 Å². The van der Waals surface area contributed by atoms with Crippen molar-refractivity contribution < 1.29 is 9.13 Å². The van der Waals surface area contributed by atoms with Gasteiger partial charge < -0.3 is 9.75 Å². The van der Waals surface area contributed by atoms with Crippen LogP contribution in [0.25, 0.3) is 0 Å². The Morgan fingerprint density at radius 2 is 2.16 bits per heavy atom. The van der Waals surface area contributed by atoms with Crippen molar-refractivity contribution in [3.8, 4) is 5.88 Å². The van der Waals surface area contributed by atoms with Crippen LogP contribution in [-0.2, 0) is 6.61 Å². The van der Waals surface area contributed by atoms with E-state index in [0.717, 1.165) is 5.56 Å². The molecule has 0 atom stereocenters. The highest BCUT2D eigenvalue weighted by atomic mass is 19.1. The minimum atomic E-state index is -0.364. The molecule has 2 N–H and O–H groups in total. The van der Waals surface area contributed by atoms with Gasteiger partial charge in [-0.2, -0.15) is 5.10 Å². The number of benzene rings is 1. The molecule has 0 fully saturated rings. The number of nitrogens with two attached hydrogens (primary N) is 1. The molecule has 2 aromatic rings. The summed E-state index contributed by atoms with van der Waals surface area (Å²) >= 11 is 0. The molecule has 2 rings (SSSR count). The molecule has 0 spiro atoms. The van der Waals surface area contributed by atoms with Gasteiger partial charge in [0.15, 0.2) is 0 Å². The Bertz CT molecular complexity index is 574. The first kappa shape index (κ1) is 13.2. The van der Waals surface area contributed by atoms with Crippen LogP contribution in [0.15, 0.2) is 30.5 Å². The summed E-state index contributed by atoms with van der Waals surface area (Å²) in [4.78, 5) is 0. The second-order valence-corrected chi connectivity index (χ2v) is 4.16. The number of hydrazine groups is 1. The molecule has 0 bridgehead atoms. The maximum atomic E-state index is 13.8. The molecule has 0 unspecified atom stereocenters. The Balaban J connectivity index is 2.22. The third-order valence-electron chi connectivity index (χ3n) is 2.70. The highest BCUT2D eigenvalue weighted by molar-refractivity contribution is 5.52. The molecule has 6 heteroatoms. The molecule has 1 aromatic carbocycles. The van der Waals surface area contributed by atoms with Gasteiger partial charge in [0.05, 0.1) is 11.9 Å². The van der Waals surface area contributed by atoms with Crippen molar-refractivity contribution in [2.45, 2.75) is 13.5 Å². The second kappa shape index (κ2) is 5.62. The van der Waals surface area contributed by atoms with Gasteiger partial charge in [0, 0.05) is 18.2 Å². The number of halogens is 1. The Kier molecular flexibility index (Phi) is 3.91. The zero-order valence-electron chi connectivity index (χ0n) is 10.8. The van der Waals surface area contributed by atoms with E-state index in [9.17, 15) is 4.39 Å². The van der Waals surface area contributed by atoms with E-state index in [4.69, 9.17) is 10.6 Å². The summed E-state index contributed by atoms with van der Waals surface area (Å²) in [7, 11) is 1.64. The summed E-state index contributed by atoms with van der Waals surface area (Å²) in [6.45, 7) is 1.89. The highest BCUT2D eigenvalue weighted by Crippen LogP contribution is 2.23. The van der Waals surface area contributed by atoms with Gasteiger partial charge in [0.1, 0.15) is 12.4 Å². The van der Waals surface area contributed by atoms with Crippen LogP contribution in [0.5, 0.6) is 5.88 Å². The summed E-state index contributed by atoms with van der Waals surface area (Å²) in [5.74, 6) is 5.69. The zero-order valence-corrected chi connectivity index (χ0v) is 10.8. The molecule has 19 heavy (non-hydrogen) atoms. The number of ether oxygens (including phenoxy) is 1. The summed E-state index contributed by atoms with van der Waals surface area (Å²) in [6, 6.07) is 6.48. The summed E-state index contributed by atoms with van der Waals surface area (Å²) in [5.41, 5.74) is 1.80. The largest absolute Gasteiger partial charge is 0.471 e. The van der Waals surface area contributed by atoms with Gasteiger partial charge in [0.2, 0.25) is 5.88 Å². The smallest absolute Gasteiger partial charge is 0.236 e. The molecule has 0 aliphatic heterocycles. The quantitative estimate of drug-likeness (QED) is 0.672. The molecule has 0 amide bonds. The number of hydrogen-bond acceptors (Lipinski definition) is 5. The van der Waals surface area contributed by atoms with Crippen LogP contribution in [0.2, 0.25) is 0 Å². The first-order valence-corrected chi connectivity index (χ1v) is 5.76. The Hall–Kier alpha value is -2.21. The standard InChI is InChI=1S/C13H15FN4O/c1-9-6-7-16-17-13(9)19-8-10-11(14)4-3-5-12(10)18(2)15/h3-7H,8,15H2,1-2H3. The summed E-state index contributed by atoms with van der Waals surface area (Å²) < 4.78 is 19.3. The Labute approximate surface area is 110 Å². The molecule has 0 saturated heterocycles. The van der Waals surface area contributed by atoms with Gasteiger partial charge in [-0.25, -0.2) is 10.2 Å². The van der Waals surface area contributed by atoms with Crippen molar-refractivity contribution in [2.75, 3.05) is 12.1 Å². The topological polar surface area (TPSA) is 64.3 Å². The molecule has 1 heterocycles. The number of aromatic nitrogens is 2. The summed E-state index contributed by atoms with van der Waals surface area (Å²) in [5, 5.41) is 8.94. The molecular formula is C13H15FN4O. The number of nitrogens with zero attached hydrogens (tertiary/aromatic N) is 3. The maximum Gasteiger partial charge on any atom is 0.236 e. The van der Waals surface area contributed by atoms with E-state index in [1.54, 1.807) is 31.4 Å². The third kappa shape index (κ3) is 2.97. The van der Waals surface area contributed by atoms with E-state index in [0.29, 0.717) is 17.1 Å². The fourth-order valence-electron chi connectivity index (χ4n) is 1.68. The van der Waals surface area contributed by atoms with Crippen molar-refractivity contribution in [1.82, 2.24) is 10.2 Å². The normalized spacial score (nSPS) is 10.3. The van der Waals surface area contributed by atoms with E-state index < -0.39 is 0 Å². The molecule has 5 nitrogen and oxygen atoms in total. The van der Waals surface area contributed by atoms with E-state index in [-0.39, 0.29) is 12.4 Å². The molecule has 1 aromatic heterocycles. The lowest BCUT2D eigenvalue weighted by atomic mass is 10.1. The lowest BCUT2D eigenvalue weighted by molar-refractivity contribution is 0.282. The first-order valence-electron chi connectivity index (χ1n) is 5.76. The van der Waals surface area contributed by atoms with Crippen molar-refractivity contribution in [2.24, 2.45) is 5.84 Å². The van der Waals surface area contributed by atoms with Gasteiger partial charge in [-0.15, -0.1) is 5.10 Å². The van der Waals surface area contributed by atoms with E-state index in [1.807, 2.05) is 6.92 Å². The van der Waals surface area contributed by atoms with Crippen LogP contribution < -0.4 is 15.6 Å². The van der Waals surface area contributed by atoms with Crippen LogP contribution in [0.4, 0.5) is 10.1 Å². The Morgan fingerprint density at radius 3 is 2.84 bits per heavy atom. The average Bonchev–Trinajstić information content (AvgIpc) is 2.38. The van der Waals surface area contributed by atoms with Crippen molar-refractivity contribution in [1.29, 1.82) is 0 Å². The minimum absolute atomic E-state index is 0.0447. The van der Waals surface area contributed by atoms with E-state index in [1.165, 1.54) is 11.1 Å². The molecule has 100 valence electrons. The lowest BCUT2D eigenvalue weighted by Crippen LogP contribution is -2.27. The Morgan fingerprint density at radius 1 is 1.37 bits per heavy atom. The predicted octanol–water partition coefficient (Wildman–Crippen LogP) is 1.81. The fourth-order valence-corrected chi connectivity index (χ4v) is 1.68. The molecule has 0 aliphatic rings. The van der Waals surface area contributed by atoms with Crippen molar-refractivity contribution in [3.05, 3.63) is 47.4 Å². The number of aryl methyl sites for hydroxylation is 1. The van der Waals surface area contributed by atoms with Crippen LogP contribution in [0, 0.1) is 12.7 Å².